The van der Waals surface area contributed by atoms with Crippen molar-refractivity contribution in [2.75, 3.05) is 54.1 Å². The lowest BCUT2D eigenvalue weighted by Gasteiger charge is -2.29. The number of nitrogens with zero attached hydrogens (tertiary/aromatic N) is 3. The van der Waals surface area contributed by atoms with Gasteiger partial charge in [0.05, 0.1) is 25.7 Å². The quantitative estimate of drug-likeness (QED) is 0.0229. The Bertz CT molecular complexity index is 1550. The van der Waals surface area contributed by atoms with Crippen LogP contribution in [0.15, 0.2) is 36.4 Å². The Morgan fingerprint density at radius 1 is 0.891 bits per heavy atom. The van der Waals surface area contributed by atoms with Crippen LogP contribution < -0.4 is 24.3 Å². The number of carboxylic acids is 1. The molecule has 1 unspecified atom stereocenters. The van der Waals surface area contributed by atoms with Crippen LogP contribution in [0, 0.1) is 21.4 Å². The van der Waals surface area contributed by atoms with E-state index >= 15 is 0 Å². The van der Waals surface area contributed by atoms with E-state index in [1.807, 2.05) is 25.2 Å². The molecule has 0 aliphatic carbocycles. The molecule has 2 aromatic carbocycles. The van der Waals surface area contributed by atoms with E-state index < -0.39 is 35.0 Å². The summed E-state index contributed by atoms with van der Waals surface area (Å²) in [6.07, 6.45) is 14.3. The second kappa shape index (κ2) is 25.8. The molecule has 2 rings (SSSR count). The molecule has 0 saturated heterocycles. The van der Waals surface area contributed by atoms with E-state index in [0.29, 0.717) is 49.4 Å². The Morgan fingerprint density at radius 3 is 2.15 bits per heavy atom. The second-order valence-corrected chi connectivity index (χ2v) is 13.5. The van der Waals surface area contributed by atoms with Gasteiger partial charge in [0.15, 0.2) is 18.1 Å². The minimum atomic E-state index is -1.76. The number of carbonyl (C=O) groups is 3. The summed E-state index contributed by atoms with van der Waals surface area (Å²) in [6, 6.07) is 12.9. The lowest BCUT2D eigenvalue weighted by molar-refractivity contribution is -0.757. The third-order valence-corrected chi connectivity index (χ3v) is 9.44. The van der Waals surface area contributed by atoms with Crippen molar-refractivity contribution in [2.45, 2.75) is 102 Å². The van der Waals surface area contributed by atoms with Crippen LogP contribution in [0.5, 0.6) is 23.0 Å². The molecule has 1 atom stereocenters. The van der Waals surface area contributed by atoms with Crippen LogP contribution in [0.1, 0.15) is 102 Å². The number of esters is 1. The molecule has 0 aliphatic rings. The van der Waals surface area contributed by atoms with E-state index in [9.17, 15) is 29.8 Å². The maximum Gasteiger partial charge on any atom is 0.422 e. The number of nitrogens with one attached hydrogen (secondary N) is 1. The lowest BCUT2D eigenvalue weighted by Crippen LogP contribution is -2.32. The highest BCUT2D eigenvalue weighted by molar-refractivity contribution is 6.29. The molecule has 15 nitrogen and oxygen atoms in total. The molecule has 0 aromatic heterocycles. The SMILES string of the molecule is CCCCCCCCCCCCC(C#N)(CCCN(C)CCc1c(OCC(=O)NCCO[N+](=O)[O-])cccc1OC(=O)C(=O)O)c1ccc(OC)c(OC)c1. The van der Waals surface area contributed by atoms with E-state index in [1.54, 1.807) is 20.3 Å². The Balaban J connectivity index is 2.11. The van der Waals surface area contributed by atoms with Crippen molar-refractivity contribution in [1.82, 2.24) is 10.2 Å². The number of benzene rings is 2. The van der Waals surface area contributed by atoms with Gasteiger partial charge in [-0.25, -0.2) is 9.59 Å². The molecule has 0 aliphatic heterocycles. The van der Waals surface area contributed by atoms with Crippen LogP contribution in [0.3, 0.4) is 0 Å². The average Bonchev–Trinajstić information content (AvgIpc) is 3.17. The zero-order valence-electron chi connectivity index (χ0n) is 32.8. The predicted molar refractivity (Wildman–Crippen MR) is 205 cm³/mol. The van der Waals surface area contributed by atoms with Gasteiger partial charge < -0.3 is 39.1 Å². The highest BCUT2D eigenvalue weighted by Crippen LogP contribution is 2.39. The van der Waals surface area contributed by atoms with Gasteiger partial charge in [0, 0.05) is 18.7 Å². The van der Waals surface area contributed by atoms with Crippen LogP contribution in [-0.2, 0) is 31.1 Å². The standard InChI is InChI=1S/C40H58N4O11/c1-5-6-7-8-9-10-11-12-13-14-22-40(30-41,31-19-20-35(51-3)36(28-31)52-4)23-16-25-43(2)26-21-32-33(17-15-18-34(32)55-39(48)38(46)47)53-29-37(45)42-24-27-54-44(49)50/h15,17-20,28H,5-14,16,21-27,29H2,1-4H3,(H,42,45)(H,46,47). The van der Waals surface area contributed by atoms with E-state index in [1.165, 1.54) is 57.1 Å². The van der Waals surface area contributed by atoms with Crippen LogP contribution >= 0.6 is 0 Å². The van der Waals surface area contributed by atoms with Crippen molar-refractivity contribution >= 4 is 17.8 Å². The minimum absolute atomic E-state index is 0.0217. The fourth-order valence-electron chi connectivity index (χ4n) is 6.37. The van der Waals surface area contributed by atoms with E-state index in [2.05, 4.69) is 28.0 Å². The maximum absolute atomic E-state index is 12.3. The van der Waals surface area contributed by atoms with Crippen LogP contribution in [0.2, 0.25) is 0 Å². The van der Waals surface area contributed by atoms with Crippen molar-refractivity contribution < 1.29 is 48.4 Å². The number of methoxy groups -OCH3 is 2. The van der Waals surface area contributed by atoms with Gasteiger partial charge in [-0.05, 0) is 69.1 Å². The third kappa shape index (κ3) is 16.8. The first kappa shape index (κ1) is 46.1. The second-order valence-electron chi connectivity index (χ2n) is 13.5. The summed E-state index contributed by atoms with van der Waals surface area (Å²) in [6.45, 7) is 2.38. The molecule has 2 N–H and O–H groups in total. The summed E-state index contributed by atoms with van der Waals surface area (Å²) in [5.74, 6) is -2.46. The number of carboxylic acid groups (broad SMARTS) is 1. The summed E-state index contributed by atoms with van der Waals surface area (Å²) >= 11 is 0. The van der Waals surface area contributed by atoms with Gasteiger partial charge in [0.25, 0.3) is 11.0 Å². The Morgan fingerprint density at radius 2 is 1.53 bits per heavy atom. The normalized spacial score (nSPS) is 11.9. The van der Waals surface area contributed by atoms with Gasteiger partial charge in [0.2, 0.25) is 0 Å². The lowest BCUT2D eigenvalue weighted by atomic mass is 9.74. The highest BCUT2D eigenvalue weighted by Gasteiger charge is 2.32. The predicted octanol–water partition coefficient (Wildman–Crippen LogP) is 6.42. The van der Waals surface area contributed by atoms with Gasteiger partial charge >= 0.3 is 11.9 Å². The number of hydrogen-bond acceptors (Lipinski definition) is 12. The van der Waals surface area contributed by atoms with Gasteiger partial charge in [-0.15, -0.1) is 10.1 Å². The number of aliphatic carboxylic acids is 1. The zero-order valence-corrected chi connectivity index (χ0v) is 32.8. The minimum Gasteiger partial charge on any atom is -0.493 e. The van der Waals surface area contributed by atoms with Gasteiger partial charge in [-0.2, -0.15) is 5.26 Å². The van der Waals surface area contributed by atoms with Crippen molar-refractivity contribution in [3.05, 3.63) is 57.6 Å². The Kier molecular flexibility index (Phi) is 21.6. The summed E-state index contributed by atoms with van der Waals surface area (Å²) in [5, 5.41) is 31.7. The molecular weight excluding hydrogens is 712 g/mol. The number of rotatable bonds is 29. The number of likely N-dealkylation sites (N-methyl/N-ethyl adjacent to an activating group) is 1. The molecule has 0 heterocycles. The van der Waals surface area contributed by atoms with Crippen molar-refractivity contribution in [1.29, 1.82) is 5.26 Å². The summed E-state index contributed by atoms with van der Waals surface area (Å²) in [4.78, 5) is 52.1. The van der Waals surface area contributed by atoms with E-state index in [0.717, 1.165) is 24.8 Å². The van der Waals surface area contributed by atoms with Crippen LogP contribution in [0.25, 0.3) is 0 Å². The third-order valence-electron chi connectivity index (χ3n) is 9.44. The molecule has 1 amide bonds. The number of amides is 1. The Labute approximate surface area is 324 Å². The average molecular weight is 771 g/mol. The van der Waals surface area contributed by atoms with Crippen molar-refractivity contribution in [3.63, 3.8) is 0 Å². The van der Waals surface area contributed by atoms with Crippen LogP contribution in [-0.4, -0.2) is 87.1 Å². The topological polar surface area (TPSA) is 200 Å². The van der Waals surface area contributed by atoms with E-state index in [4.69, 9.17) is 24.1 Å². The monoisotopic (exact) mass is 770 g/mol. The number of unbranched alkanes of at least 4 members (excludes halogenated alkanes) is 9. The summed E-state index contributed by atoms with van der Waals surface area (Å²) in [7, 11) is 5.08. The molecular formula is C40H58N4O11. The molecule has 304 valence electrons. The molecule has 0 fully saturated rings. The molecule has 0 saturated carbocycles. The zero-order chi connectivity index (χ0) is 40.5. The number of ether oxygens (including phenoxy) is 4. The molecule has 55 heavy (non-hydrogen) atoms. The number of hydrogen-bond donors (Lipinski definition) is 2. The first-order valence-corrected chi connectivity index (χ1v) is 19.1. The number of nitriles is 1. The summed E-state index contributed by atoms with van der Waals surface area (Å²) in [5.41, 5.74) is 0.525. The molecule has 15 heteroatoms. The molecule has 0 radical (unpaired) electrons. The first-order valence-electron chi connectivity index (χ1n) is 19.1. The van der Waals surface area contributed by atoms with Crippen molar-refractivity contribution in [3.8, 4) is 29.1 Å². The largest absolute Gasteiger partial charge is 0.493 e. The van der Waals surface area contributed by atoms with Crippen molar-refractivity contribution in [2.24, 2.45) is 0 Å². The Hall–Kier alpha value is -5.10. The maximum atomic E-state index is 12.3. The fraction of sp³-hybridized carbons (Fsp3) is 0.600. The van der Waals surface area contributed by atoms with E-state index in [-0.39, 0.29) is 31.1 Å². The fourth-order valence-corrected chi connectivity index (χ4v) is 6.37. The first-order chi connectivity index (χ1) is 26.5. The van der Waals surface area contributed by atoms with Gasteiger partial charge in [-0.3, -0.25) is 4.79 Å². The van der Waals surface area contributed by atoms with Gasteiger partial charge in [-0.1, -0.05) is 83.3 Å². The number of carbonyl (C=O) groups excluding carboxylic acids is 2. The van der Waals surface area contributed by atoms with Crippen LogP contribution in [0.4, 0.5) is 0 Å². The molecule has 0 bridgehead atoms. The smallest absolute Gasteiger partial charge is 0.422 e. The van der Waals surface area contributed by atoms with Gasteiger partial charge in [0.1, 0.15) is 18.1 Å². The molecule has 0 spiro atoms. The highest BCUT2D eigenvalue weighted by atomic mass is 16.9. The summed E-state index contributed by atoms with van der Waals surface area (Å²) < 4.78 is 21.9. The molecule has 2 aromatic rings.